The number of aliphatic carboxylic acids is 1. The van der Waals surface area contributed by atoms with Gasteiger partial charge >= 0.3 is 12.1 Å². The number of rotatable bonds is 7. The Labute approximate surface area is 217 Å². The summed E-state index contributed by atoms with van der Waals surface area (Å²) in [6.07, 6.45) is -0.316. The maximum absolute atomic E-state index is 15.1. The molecule has 1 aliphatic rings. The summed E-state index contributed by atoms with van der Waals surface area (Å²) >= 11 is 6.14. The Morgan fingerprint density at radius 3 is 2.38 bits per heavy atom. The van der Waals surface area contributed by atoms with E-state index in [0.717, 1.165) is 16.7 Å². The molecule has 0 bridgehead atoms. The summed E-state index contributed by atoms with van der Waals surface area (Å²) in [5, 5.41) is 19.0. The first-order valence-electron chi connectivity index (χ1n) is 11.7. The number of H-pyrrole nitrogens is 1. The van der Waals surface area contributed by atoms with Crippen molar-refractivity contribution in [1.29, 1.82) is 0 Å². The van der Waals surface area contributed by atoms with Crippen LogP contribution in [0, 0.1) is 5.82 Å². The lowest BCUT2D eigenvalue weighted by Crippen LogP contribution is -2.20. The third-order valence-electron chi connectivity index (χ3n) is 6.64. The molecule has 5 rings (SSSR count). The topological polar surface area (TPSA) is 104 Å². The van der Waals surface area contributed by atoms with Crippen LogP contribution >= 0.6 is 11.6 Å². The van der Waals surface area contributed by atoms with Gasteiger partial charge in [-0.1, -0.05) is 78.3 Å². The van der Waals surface area contributed by atoms with Gasteiger partial charge in [-0.3, -0.25) is 15.2 Å². The van der Waals surface area contributed by atoms with Gasteiger partial charge < -0.3 is 9.84 Å². The Morgan fingerprint density at radius 1 is 1.05 bits per heavy atom. The Bertz CT molecular complexity index is 1480. The highest BCUT2D eigenvalue weighted by atomic mass is 35.5. The molecule has 3 aromatic carbocycles. The standard InChI is InChI=1S/C28H23ClFN3O4/c1-16(19-6-3-5-9-22(19)29)37-27(36)31-25-23(30)24(32-33-25)18-12-10-17(11-13-18)20-7-2-4-8-21(20)28(14-15-28)26(34)35/h2-13,16H,14-15H2,1H3,(H,34,35)(H2,31,32,33,36)/t16-/m1/s1. The van der Waals surface area contributed by atoms with E-state index in [0.29, 0.717) is 29.0 Å². The highest BCUT2D eigenvalue weighted by molar-refractivity contribution is 6.31. The van der Waals surface area contributed by atoms with E-state index in [1.54, 1.807) is 55.5 Å². The molecule has 1 saturated carbocycles. The molecule has 1 amide bonds. The van der Waals surface area contributed by atoms with Crippen LogP contribution in [0.2, 0.25) is 5.02 Å². The zero-order chi connectivity index (χ0) is 26.2. The van der Waals surface area contributed by atoms with Gasteiger partial charge in [-0.05, 0) is 42.5 Å². The maximum atomic E-state index is 15.1. The first-order valence-corrected chi connectivity index (χ1v) is 12.1. The molecule has 3 N–H and O–H groups in total. The molecule has 1 heterocycles. The summed E-state index contributed by atoms with van der Waals surface area (Å²) in [5.74, 6) is -1.85. The van der Waals surface area contributed by atoms with Gasteiger partial charge in [0.25, 0.3) is 0 Å². The summed E-state index contributed by atoms with van der Waals surface area (Å²) < 4.78 is 20.4. The van der Waals surface area contributed by atoms with Crippen LogP contribution in [-0.4, -0.2) is 27.4 Å². The molecule has 0 radical (unpaired) electrons. The van der Waals surface area contributed by atoms with Crippen LogP contribution in [0.1, 0.15) is 37.0 Å². The Morgan fingerprint density at radius 2 is 1.70 bits per heavy atom. The molecular weight excluding hydrogens is 497 g/mol. The summed E-state index contributed by atoms with van der Waals surface area (Å²) in [5.41, 5.74) is 2.82. The Kier molecular flexibility index (Phi) is 6.43. The normalized spacial score (nSPS) is 14.6. The number of hydrogen-bond acceptors (Lipinski definition) is 4. The van der Waals surface area contributed by atoms with Crippen LogP contribution in [0.4, 0.5) is 15.0 Å². The number of aromatic amines is 1. The van der Waals surface area contributed by atoms with Crippen molar-refractivity contribution in [2.45, 2.75) is 31.3 Å². The number of nitrogens with one attached hydrogen (secondary N) is 2. The molecule has 7 nitrogen and oxygen atoms in total. The molecule has 1 aliphatic carbocycles. The second-order valence-corrected chi connectivity index (χ2v) is 9.37. The molecule has 1 aromatic heterocycles. The lowest BCUT2D eigenvalue weighted by Gasteiger charge is -2.16. The average molecular weight is 520 g/mol. The molecule has 0 saturated heterocycles. The number of carbonyl (C=O) groups is 2. The Balaban J connectivity index is 1.32. The van der Waals surface area contributed by atoms with Gasteiger partial charge in [-0.15, -0.1) is 0 Å². The van der Waals surface area contributed by atoms with Crippen molar-refractivity contribution >= 4 is 29.5 Å². The smallest absolute Gasteiger partial charge is 0.413 e. The molecule has 1 atom stereocenters. The van der Waals surface area contributed by atoms with Crippen molar-refractivity contribution in [3.8, 4) is 22.4 Å². The van der Waals surface area contributed by atoms with Gasteiger partial charge in [0, 0.05) is 16.1 Å². The van der Waals surface area contributed by atoms with Gasteiger partial charge in [0.15, 0.2) is 11.6 Å². The SMILES string of the molecule is C[C@@H](OC(=O)Nc1n[nH]c(-c2ccc(-c3ccccc3C3(C(=O)O)CC3)cc2)c1F)c1ccccc1Cl. The average Bonchev–Trinajstić information content (AvgIpc) is 3.64. The second-order valence-electron chi connectivity index (χ2n) is 8.97. The van der Waals surface area contributed by atoms with Crippen LogP contribution in [0.15, 0.2) is 72.8 Å². The van der Waals surface area contributed by atoms with Crippen molar-refractivity contribution in [3.63, 3.8) is 0 Å². The molecule has 4 aromatic rings. The largest absolute Gasteiger partial charge is 0.481 e. The van der Waals surface area contributed by atoms with E-state index < -0.39 is 29.4 Å². The van der Waals surface area contributed by atoms with Gasteiger partial charge in [0.1, 0.15) is 11.8 Å². The zero-order valence-corrected chi connectivity index (χ0v) is 20.6. The highest BCUT2D eigenvalue weighted by Gasteiger charge is 2.52. The van der Waals surface area contributed by atoms with E-state index in [2.05, 4.69) is 15.5 Å². The van der Waals surface area contributed by atoms with E-state index in [4.69, 9.17) is 16.3 Å². The molecule has 9 heteroatoms. The number of ether oxygens (including phenoxy) is 1. The maximum Gasteiger partial charge on any atom is 0.413 e. The molecule has 37 heavy (non-hydrogen) atoms. The number of halogens is 2. The molecule has 0 aliphatic heterocycles. The van der Waals surface area contributed by atoms with Crippen molar-refractivity contribution in [2.24, 2.45) is 0 Å². The summed E-state index contributed by atoms with van der Waals surface area (Å²) in [7, 11) is 0. The number of carboxylic acid groups (broad SMARTS) is 1. The zero-order valence-electron chi connectivity index (χ0n) is 19.8. The monoisotopic (exact) mass is 519 g/mol. The molecular formula is C28H23ClFN3O4. The van der Waals surface area contributed by atoms with Gasteiger partial charge in [0.2, 0.25) is 0 Å². The number of nitrogens with zero attached hydrogens (tertiary/aromatic N) is 1. The van der Waals surface area contributed by atoms with E-state index >= 15 is 4.39 Å². The van der Waals surface area contributed by atoms with Crippen molar-refractivity contribution in [3.05, 3.63) is 94.8 Å². The van der Waals surface area contributed by atoms with Crippen LogP contribution in [0.5, 0.6) is 0 Å². The lowest BCUT2D eigenvalue weighted by molar-refractivity contribution is -0.140. The molecule has 0 unspecified atom stereocenters. The summed E-state index contributed by atoms with van der Waals surface area (Å²) in [6.45, 7) is 1.66. The number of carbonyl (C=O) groups excluding carboxylic acids is 1. The third-order valence-corrected chi connectivity index (χ3v) is 6.99. The van der Waals surface area contributed by atoms with Crippen LogP contribution < -0.4 is 5.32 Å². The number of benzene rings is 3. The first kappa shape index (κ1) is 24.5. The quantitative estimate of drug-likeness (QED) is 0.245. The van der Waals surface area contributed by atoms with E-state index in [9.17, 15) is 14.7 Å². The van der Waals surface area contributed by atoms with E-state index in [1.165, 1.54) is 0 Å². The fraction of sp³-hybridized carbons (Fsp3) is 0.179. The summed E-state index contributed by atoms with van der Waals surface area (Å²) in [4.78, 5) is 24.2. The fourth-order valence-corrected chi connectivity index (χ4v) is 4.74. The van der Waals surface area contributed by atoms with E-state index in [1.807, 2.05) is 24.3 Å². The molecule has 1 fully saturated rings. The van der Waals surface area contributed by atoms with Crippen LogP contribution in [-0.2, 0) is 14.9 Å². The lowest BCUT2D eigenvalue weighted by atomic mass is 9.88. The van der Waals surface area contributed by atoms with Crippen molar-refractivity contribution in [2.75, 3.05) is 5.32 Å². The van der Waals surface area contributed by atoms with Gasteiger partial charge in [-0.2, -0.15) is 5.10 Å². The number of amides is 1. The minimum Gasteiger partial charge on any atom is -0.481 e. The number of anilines is 1. The number of carboxylic acids is 1. The minimum atomic E-state index is -0.872. The fourth-order valence-electron chi connectivity index (χ4n) is 4.45. The van der Waals surface area contributed by atoms with Crippen LogP contribution in [0.25, 0.3) is 22.4 Å². The van der Waals surface area contributed by atoms with E-state index in [-0.39, 0.29) is 11.5 Å². The number of hydrogen-bond donors (Lipinski definition) is 3. The summed E-state index contributed by atoms with van der Waals surface area (Å²) in [6, 6.07) is 21.4. The second kappa shape index (κ2) is 9.71. The predicted molar refractivity (Wildman–Crippen MR) is 138 cm³/mol. The van der Waals surface area contributed by atoms with Crippen LogP contribution in [0.3, 0.4) is 0 Å². The molecule has 0 spiro atoms. The highest BCUT2D eigenvalue weighted by Crippen LogP contribution is 2.51. The van der Waals surface area contributed by atoms with Crippen molar-refractivity contribution in [1.82, 2.24) is 10.2 Å². The Hall–Kier alpha value is -4.17. The third kappa shape index (κ3) is 4.68. The first-order chi connectivity index (χ1) is 17.8. The predicted octanol–water partition coefficient (Wildman–Crippen LogP) is 6.96. The van der Waals surface area contributed by atoms with Gasteiger partial charge in [-0.25, -0.2) is 9.18 Å². The van der Waals surface area contributed by atoms with Crippen molar-refractivity contribution < 1.29 is 23.8 Å². The number of aromatic nitrogens is 2. The minimum absolute atomic E-state index is 0.0958. The molecule has 188 valence electrons. The van der Waals surface area contributed by atoms with Gasteiger partial charge in [0.05, 0.1) is 5.41 Å².